The Morgan fingerprint density at radius 2 is 0.500 bits per heavy atom. The highest BCUT2D eigenvalue weighted by Crippen LogP contribution is 2.21. The summed E-state index contributed by atoms with van der Waals surface area (Å²) in [4.78, 5) is 6.76. The molecule has 16 nitrogen and oxygen atoms in total. The highest BCUT2D eigenvalue weighted by molar-refractivity contribution is 5.63. The van der Waals surface area contributed by atoms with Crippen molar-refractivity contribution in [3.8, 4) is 45.6 Å². The lowest BCUT2D eigenvalue weighted by molar-refractivity contribution is 0.455. The molecule has 0 aliphatic carbocycles. The van der Waals surface area contributed by atoms with Crippen LogP contribution in [0.25, 0.3) is 45.6 Å². The smallest absolute Gasteiger partial charge is 0.164 e. The van der Waals surface area contributed by atoms with Crippen LogP contribution in [0.2, 0.25) is 0 Å². The first-order chi connectivity index (χ1) is 23.8. The average Bonchev–Trinajstić information content (AvgIpc) is 3.95. The lowest BCUT2D eigenvalue weighted by Gasteiger charge is -2.02. The molecule has 0 N–H and O–H groups in total. The standard InChI is InChI=1S/C32H40N16/c1-2-6-10-22-46-38-30(34-42-46)26-17-19-28(20-18-26)32-36-44-48(40-32)24-12-8-4-3-7-11-23-47-39-31(35-43-47)27-15-13-25(14-16-27)29-33-41-45(37-29)21-9-5-1/h13-20H,1-12,21-24H2. The lowest BCUT2D eigenvalue weighted by atomic mass is 10.1. The number of nitrogens with zero attached hydrogens (tertiary/aromatic N) is 16. The van der Waals surface area contributed by atoms with Crippen molar-refractivity contribution < 1.29 is 0 Å². The fraction of sp³-hybridized carbons (Fsp3) is 0.500. The average molecular weight is 649 g/mol. The molecule has 4 aliphatic rings. The molecule has 248 valence electrons. The lowest BCUT2D eigenvalue weighted by Crippen LogP contribution is -2.03. The van der Waals surface area contributed by atoms with Gasteiger partial charge in [0.15, 0.2) is 0 Å². The van der Waals surface area contributed by atoms with Crippen LogP contribution in [0.1, 0.15) is 77.0 Å². The van der Waals surface area contributed by atoms with Gasteiger partial charge in [0.05, 0.1) is 26.2 Å². The molecule has 12 bridgehead atoms. The van der Waals surface area contributed by atoms with Gasteiger partial charge in [0.25, 0.3) is 0 Å². The number of hydrogen-bond donors (Lipinski definition) is 0. The van der Waals surface area contributed by atoms with Crippen LogP contribution in [0, 0.1) is 0 Å². The van der Waals surface area contributed by atoms with Crippen LogP contribution in [0.4, 0.5) is 0 Å². The van der Waals surface area contributed by atoms with Gasteiger partial charge in [-0.1, -0.05) is 99.9 Å². The molecular formula is C32H40N16. The molecule has 4 aromatic heterocycles. The zero-order valence-electron chi connectivity index (χ0n) is 27.1. The second kappa shape index (κ2) is 15.5. The summed E-state index contributed by atoms with van der Waals surface area (Å²) in [5, 5.41) is 52.4. The number of hydrogen-bond acceptors (Lipinski definition) is 12. The monoisotopic (exact) mass is 648 g/mol. The summed E-state index contributed by atoms with van der Waals surface area (Å²) >= 11 is 0. The molecule has 0 unspecified atom stereocenters. The molecule has 48 heavy (non-hydrogen) atoms. The van der Waals surface area contributed by atoms with E-state index in [2.05, 4.69) is 61.6 Å². The quantitative estimate of drug-likeness (QED) is 0.222. The Bertz CT molecular complexity index is 1580. The second-order valence-corrected chi connectivity index (χ2v) is 12.2. The first-order valence-corrected chi connectivity index (χ1v) is 17.1. The van der Waals surface area contributed by atoms with Crippen LogP contribution < -0.4 is 0 Å². The summed E-state index contributed by atoms with van der Waals surface area (Å²) in [5.74, 6) is 2.47. The maximum absolute atomic E-state index is 4.59. The fourth-order valence-electron chi connectivity index (χ4n) is 5.78. The maximum Gasteiger partial charge on any atom is 0.204 e. The van der Waals surface area contributed by atoms with E-state index < -0.39 is 0 Å². The summed E-state index contributed by atoms with van der Waals surface area (Å²) in [6.07, 6.45) is 13.2. The van der Waals surface area contributed by atoms with E-state index >= 15 is 0 Å². The molecular weight excluding hydrogens is 608 g/mol. The summed E-state index contributed by atoms with van der Waals surface area (Å²) in [6.45, 7) is 3.01. The maximum atomic E-state index is 4.59. The van der Waals surface area contributed by atoms with Gasteiger partial charge in [-0.3, -0.25) is 0 Å². The Labute approximate surface area is 277 Å². The van der Waals surface area contributed by atoms with Crippen molar-refractivity contribution in [1.29, 1.82) is 0 Å². The van der Waals surface area contributed by atoms with Crippen LogP contribution in [0.15, 0.2) is 48.5 Å². The molecule has 10 rings (SSSR count). The summed E-state index contributed by atoms with van der Waals surface area (Å²) in [7, 11) is 0. The van der Waals surface area contributed by atoms with Gasteiger partial charge in [0, 0.05) is 22.3 Å². The SMILES string of the molecule is c1cc2ccc1-c1nnn(n1)CCCCCCCCn1nnc(n1)-c1ccc(cc1)-c1nnn(n1)CCCCCCCCn1nnc-2n1. The number of benzene rings is 2. The van der Waals surface area contributed by atoms with Crippen molar-refractivity contribution in [3.05, 3.63) is 48.5 Å². The van der Waals surface area contributed by atoms with Crippen LogP contribution in [0.3, 0.4) is 0 Å². The Hall–Kier alpha value is -5.28. The third-order valence-corrected chi connectivity index (χ3v) is 8.55. The number of tetrazole rings is 4. The Balaban J connectivity index is 0.956. The predicted molar refractivity (Wildman–Crippen MR) is 176 cm³/mol. The largest absolute Gasteiger partial charge is 0.204 e. The topological polar surface area (TPSA) is 174 Å². The van der Waals surface area contributed by atoms with Crippen molar-refractivity contribution in [2.24, 2.45) is 0 Å². The zero-order chi connectivity index (χ0) is 32.4. The van der Waals surface area contributed by atoms with Crippen molar-refractivity contribution in [2.75, 3.05) is 0 Å². The number of aromatic nitrogens is 16. The van der Waals surface area contributed by atoms with Crippen molar-refractivity contribution in [2.45, 2.75) is 103 Å². The molecule has 0 radical (unpaired) electrons. The van der Waals surface area contributed by atoms with Gasteiger partial charge in [-0.2, -0.15) is 19.2 Å². The normalized spacial score (nSPS) is 15.8. The molecule has 0 fully saturated rings. The van der Waals surface area contributed by atoms with Gasteiger partial charge in [-0.05, 0) is 46.5 Å². The minimum absolute atomic E-state index is 0.618. The third kappa shape index (κ3) is 8.16. The van der Waals surface area contributed by atoms with Crippen molar-refractivity contribution in [1.82, 2.24) is 80.8 Å². The molecule has 16 heteroatoms. The molecule has 6 aromatic rings. The molecule has 0 amide bonds. The summed E-state index contributed by atoms with van der Waals surface area (Å²) < 4.78 is 0. The van der Waals surface area contributed by atoms with Crippen LogP contribution >= 0.6 is 0 Å². The number of rotatable bonds is 0. The van der Waals surface area contributed by atoms with Gasteiger partial charge in [0.2, 0.25) is 23.3 Å². The van der Waals surface area contributed by atoms with E-state index in [-0.39, 0.29) is 0 Å². The molecule has 8 heterocycles. The van der Waals surface area contributed by atoms with Gasteiger partial charge < -0.3 is 0 Å². The molecule has 0 atom stereocenters. The van der Waals surface area contributed by atoms with E-state index in [0.29, 0.717) is 23.3 Å². The van der Waals surface area contributed by atoms with Crippen molar-refractivity contribution in [3.63, 3.8) is 0 Å². The van der Waals surface area contributed by atoms with E-state index in [4.69, 9.17) is 0 Å². The molecule has 4 aliphatic heterocycles. The minimum Gasteiger partial charge on any atom is -0.164 e. The first-order valence-electron chi connectivity index (χ1n) is 17.1. The first kappa shape index (κ1) is 31.3. The molecule has 0 saturated carbocycles. The third-order valence-electron chi connectivity index (χ3n) is 8.55. The van der Waals surface area contributed by atoms with Gasteiger partial charge in [0.1, 0.15) is 0 Å². The number of aryl methyl sites for hydroxylation is 4. The second-order valence-electron chi connectivity index (χ2n) is 12.2. The van der Waals surface area contributed by atoms with Crippen LogP contribution in [-0.2, 0) is 26.2 Å². The van der Waals surface area contributed by atoms with Gasteiger partial charge in [-0.15, -0.1) is 40.8 Å². The van der Waals surface area contributed by atoms with Crippen molar-refractivity contribution >= 4 is 0 Å². The molecule has 0 spiro atoms. The van der Waals surface area contributed by atoms with Crippen LogP contribution in [0.5, 0.6) is 0 Å². The van der Waals surface area contributed by atoms with E-state index in [1.807, 2.05) is 48.5 Å². The van der Waals surface area contributed by atoms with E-state index in [1.165, 1.54) is 0 Å². The van der Waals surface area contributed by atoms with Gasteiger partial charge in [-0.25, -0.2) is 0 Å². The Morgan fingerprint density at radius 1 is 0.292 bits per heavy atom. The van der Waals surface area contributed by atoms with E-state index in [1.54, 1.807) is 19.2 Å². The molecule has 2 aromatic carbocycles. The Kier molecular flexibility index (Phi) is 10.1. The Morgan fingerprint density at radius 3 is 0.729 bits per heavy atom. The highest BCUT2D eigenvalue weighted by Gasteiger charge is 2.12. The summed E-state index contributed by atoms with van der Waals surface area (Å²) in [5.41, 5.74) is 3.65. The summed E-state index contributed by atoms with van der Waals surface area (Å²) in [6, 6.07) is 15.9. The van der Waals surface area contributed by atoms with Crippen LogP contribution in [-0.4, -0.2) is 80.8 Å². The van der Waals surface area contributed by atoms with E-state index in [0.717, 1.165) is 125 Å². The zero-order valence-corrected chi connectivity index (χ0v) is 27.1. The molecule has 0 saturated heterocycles. The predicted octanol–water partition coefficient (Wildman–Crippen LogP) is 4.70. The van der Waals surface area contributed by atoms with E-state index in [9.17, 15) is 0 Å². The minimum atomic E-state index is 0.618. The van der Waals surface area contributed by atoms with Gasteiger partial charge >= 0.3 is 0 Å². The highest BCUT2D eigenvalue weighted by atomic mass is 15.6. The fourth-order valence-corrected chi connectivity index (χ4v) is 5.78.